The highest BCUT2D eigenvalue weighted by molar-refractivity contribution is 6.28. The fourth-order valence-electron chi connectivity index (χ4n) is 0.925. The molecule has 1 aromatic rings. The minimum absolute atomic E-state index is 0.00892. The summed E-state index contributed by atoms with van der Waals surface area (Å²) in [6, 6.07) is 2.93. The monoisotopic (exact) mass is 231 g/mol. The molecule has 5 nitrogen and oxygen atoms in total. The summed E-state index contributed by atoms with van der Waals surface area (Å²) in [6.07, 6.45) is 0. The van der Waals surface area contributed by atoms with Crippen LogP contribution < -0.4 is 5.73 Å². The Morgan fingerprint density at radius 1 is 1.67 bits per heavy atom. The first-order chi connectivity index (χ1) is 7.04. The van der Waals surface area contributed by atoms with Gasteiger partial charge in [-0.2, -0.15) is 0 Å². The minimum Gasteiger partial charge on any atom is -0.386 e. The molecule has 0 aliphatic carbocycles. The molecule has 0 bridgehead atoms. The van der Waals surface area contributed by atoms with Crippen molar-refractivity contribution in [3.8, 4) is 0 Å². The van der Waals surface area contributed by atoms with Crippen LogP contribution in [-0.4, -0.2) is 16.6 Å². The number of amidine groups is 1. The zero-order chi connectivity index (χ0) is 11.4. The predicted molar refractivity (Wildman–Crippen MR) is 55.1 cm³/mol. The van der Waals surface area contributed by atoms with Crippen molar-refractivity contribution in [2.75, 3.05) is 5.88 Å². The van der Waals surface area contributed by atoms with Gasteiger partial charge in [0.2, 0.25) is 0 Å². The maximum Gasteiger partial charge on any atom is 0.295 e. The van der Waals surface area contributed by atoms with E-state index >= 15 is 0 Å². The molecule has 7 heteroatoms. The highest BCUT2D eigenvalue weighted by Crippen LogP contribution is 2.27. The maximum absolute atomic E-state index is 12.8. The van der Waals surface area contributed by atoms with Crippen LogP contribution in [0.3, 0.4) is 0 Å². The van der Waals surface area contributed by atoms with E-state index in [1.807, 2.05) is 0 Å². The lowest BCUT2D eigenvalue weighted by molar-refractivity contribution is -0.384. The Labute approximate surface area is 89.5 Å². The van der Waals surface area contributed by atoms with Gasteiger partial charge in [0.15, 0.2) is 0 Å². The predicted octanol–water partition coefficient (Wildman–Crippen LogP) is 1.96. The summed E-state index contributed by atoms with van der Waals surface area (Å²) >= 11 is 5.35. The number of nitro groups is 1. The quantitative estimate of drug-likeness (QED) is 0.284. The van der Waals surface area contributed by atoms with E-state index in [1.165, 1.54) is 0 Å². The molecule has 0 atom stereocenters. The van der Waals surface area contributed by atoms with Crippen molar-refractivity contribution in [3.63, 3.8) is 0 Å². The van der Waals surface area contributed by atoms with Crippen LogP contribution >= 0.6 is 11.6 Å². The fourth-order valence-corrected chi connectivity index (χ4v) is 0.985. The molecular weight excluding hydrogens is 225 g/mol. The molecular formula is C8H7ClFN3O2. The molecule has 0 aromatic heterocycles. The molecule has 2 N–H and O–H groups in total. The lowest BCUT2D eigenvalue weighted by Crippen LogP contribution is -2.12. The van der Waals surface area contributed by atoms with E-state index in [-0.39, 0.29) is 23.1 Å². The van der Waals surface area contributed by atoms with Crippen LogP contribution in [0.5, 0.6) is 0 Å². The number of hydrogen-bond acceptors (Lipinski definition) is 3. The van der Waals surface area contributed by atoms with E-state index in [2.05, 4.69) is 4.99 Å². The van der Waals surface area contributed by atoms with Gasteiger partial charge >= 0.3 is 0 Å². The summed E-state index contributed by atoms with van der Waals surface area (Å²) in [5.41, 5.74) is 4.84. The third kappa shape index (κ3) is 2.88. The number of halogens is 2. The van der Waals surface area contributed by atoms with Crippen LogP contribution in [0.2, 0.25) is 0 Å². The van der Waals surface area contributed by atoms with E-state index < -0.39 is 10.7 Å². The molecule has 0 unspecified atom stereocenters. The first-order valence-corrected chi connectivity index (χ1v) is 4.41. The number of aliphatic imine (C=N–C) groups is 1. The lowest BCUT2D eigenvalue weighted by atomic mass is 10.2. The van der Waals surface area contributed by atoms with Gasteiger partial charge in [-0.15, -0.1) is 11.6 Å². The zero-order valence-corrected chi connectivity index (χ0v) is 8.24. The summed E-state index contributed by atoms with van der Waals surface area (Å²) in [6.45, 7) is 0. The lowest BCUT2D eigenvalue weighted by Gasteiger charge is -1.98. The Morgan fingerprint density at radius 2 is 2.33 bits per heavy atom. The van der Waals surface area contributed by atoms with Crippen LogP contribution in [0.25, 0.3) is 0 Å². The number of benzene rings is 1. The molecule has 1 aromatic carbocycles. The molecule has 0 fully saturated rings. The molecule has 1 rings (SSSR count). The second kappa shape index (κ2) is 4.70. The average molecular weight is 232 g/mol. The van der Waals surface area contributed by atoms with Crippen molar-refractivity contribution < 1.29 is 9.31 Å². The summed E-state index contributed by atoms with van der Waals surface area (Å²) in [5, 5.41) is 10.5. The Kier molecular flexibility index (Phi) is 3.56. The first-order valence-electron chi connectivity index (χ1n) is 3.87. The second-order valence-electron chi connectivity index (χ2n) is 2.63. The summed E-state index contributed by atoms with van der Waals surface area (Å²) in [4.78, 5) is 13.5. The normalized spacial score (nSPS) is 11.5. The van der Waals surface area contributed by atoms with Gasteiger partial charge in [0.1, 0.15) is 17.3 Å². The van der Waals surface area contributed by atoms with Gasteiger partial charge < -0.3 is 5.73 Å². The van der Waals surface area contributed by atoms with Crippen LogP contribution in [0.4, 0.5) is 15.8 Å². The van der Waals surface area contributed by atoms with Crippen LogP contribution in [0.15, 0.2) is 23.2 Å². The second-order valence-corrected chi connectivity index (χ2v) is 2.89. The van der Waals surface area contributed by atoms with Gasteiger partial charge in [-0.05, 0) is 6.07 Å². The Balaban J connectivity index is 3.25. The SMILES string of the molecule is NC(CCl)=Nc1cc(F)ccc1[N+](=O)[O-]. The Hall–Kier alpha value is -1.69. The van der Waals surface area contributed by atoms with E-state index in [0.717, 1.165) is 18.2 Å². The molecule has 0 radical (unpaired) electrons. The number of nitrogens with two attached hydrogens (primary N) is 1. The van der Waals surface area contributed by atoms with Crippen molar-refractivity contribution >= 4 is 28.8 Å². The average Bonchev–Trinajstić information content (AvgIpc) is 2.17. The van der Waals surface area contributed by atoms with Crippen molar-refractivity contribution in [2.45, 2.75) is 0 Å². The minimum atomic E-state index is -0.667. The molecule has 0 aliphatic heterocycles. The smallest absolute Gasteiger partial charge is 0.295 e. The number of hydrogen-bond donors (Lipinski definition) is 1. The topological polar surface area (TPSA) is 81.5 Å². The number of nitro benzene ring substituents is 1. The maximum atomic E-state index is 12.8. The van der Waals surface area contributed by atoms with Crippen LogP contribution in [0, 0.1) is 15.9 Å². The molecule has 15 heavy (non-hydrogen) atoms. The number of rotatable bonds is 3. The largest absolute Gasteiger partial charge is 0.386 e. The van der Waals surface area contributed by atoms with Crippen LogP contribution in [-0.2, 0) is 0 Å². The number of alkyl halides is 1. The van der Waals surface area contributed by atoms with E-state index in [9.17, 15) is 14.5 Å². The molecule has 0 heterocycles. The van der Waals surface area contributed by atoms with E-state index in [1.54, 1.807) is 0 Å². The highest BCUT2D eigenvalue weighted by atomic mass is 35.5. The standard InChI is InChI=1S/C8H7ClFN3O2/c9-4-8(11)12-6-3-5(10)1-2-7(6)13(14)15/h1-3H,4H2,(H2,11,12). The van der Waals surface area contributed by atoms with E-state index in [0.29, 0.717) is 0 Å². The highest BCUT2D eigenvalue weighted by Gasteiger charge is 2.13. The van der Waals surface area contributed by atoms with Gasteiger partial charge in [0, 0.05) is 12.1 Å². The van der Waals surface area contributed by atoms with Gasteiger partial charge in [0.05, 0.1) is 10.8 Å². The Bertz CT molecular complexity index is 422. The molecule has 80 valence electrons. The van der Waals surface area contributed by atoms with Crippen LogP contribution in [0.1, 0.15) is 0 Å². The summed E-state index contributed by atoms with van der Waals surface area (Å²) in [7, 11) is 0. The van der Waals surface area contributed by atoms with Gasteiger partial charge in [0.25, 0.3) is 5.69 Å². The van der Waals surface area contributed by atoms with Gasteiger partial charge in [-0.1, -0.05) is 0 Å². The summed E-state index contributed by atoms with van der Waals surface area (Å²) < 4.78 is 12.8. The van der Waals surface area contributed by atoms with Crippen molar-refractivity contribution in [3.05, 3.63) is 34.1 Å². The van der Waals surface area contributed by atoms with Gasteiger partial charge in [-0.3, -0.25) is 10.1 Å². The van der Waals surface area contributed by atoms with Gasteiger partial charge in [-0.25, -0.2) is 9.38 Å². The molecule has 0 saturated carbocycles. The Morgan fingerprint density at radius 3 is 2.87 bits per heavy atom. The van der Waals surface area contributed by atoms with Crippen molar-refractivity contribution in [2.24, 2.45) is 10.7 Å². The van der Waals surface area contributed by atoms with E-state index in [4.69, 9.17) is 17.3 Å². The zero-order valence-electron chi connectivity index (χ0n) is 7.48. The molecule has 0 aliphatic rings. The molecule has 0 amide bonds. The molecule has 0 spiro atoms. The molecule has 0 saturated heterocycles. The first kappa shape index (κ1) is 11.4. The van der Waals surface area contributed by atoms with Crippen molar-refractivity contribution in [1.82, 2.24) is 0 Å². The number of nitrogens with zero attached hydrogens (tertiary/aromatic N) is 2. The van der Waals surface area contributed by atoms with Crippen molar-refractivity contribution in [1.29, 1.82) is 0 Å². The summed E-state index contributed by atoms with van der Waals surface area (Å²) in [5.74, 6) is -0.708. The fraction of sp³-hybridized carbons (Fsp3) is 0.125. The third-order valence-corrected chi connectivity index (χ3v) is 1.81. The third-order valence-electron chi connectivity index (χ3n) is 1.54.